The van der Waals surface area contributed by atoms with E-state index in [0.717, 1.165) is 11.1 Å². The third-order valence-corrected chi connectivity index (χ3v) is 6.09. The van der Waals surface area contributed by atoms with Crippen LogP contribution in [0.5, 0.6) is 5.88 Å². The highest BCUT2D eigenvalue weighted by Gasteiger charge is 2.43. The molecule has 2 aliphatic rings. The molecule has 1 atom stereocenters. The minimum Gasteiger partial charge on any atom is -0.442 e. The van der Waals surface area contributed by atoms with Crippen LogP contribution in [0.1, 0.15) is 49.3 Å². The van der Waals surface area contributed by atoms with E-state index in [-0.39, 0.29) is 17.1 Å². The second-order valence-electron chi connectivity index (χ2n) is 9.15. The number of carbonyl (C=O) groups is 1. The topological polar surface area (TPSA) is 68.0 Å². The summed E-state index contributed by atoms with van der Waals surface area (Å²) in [4.78, 5) is 17.9. The Labute approximate surface area is 181 Å². The van der Waals surface area contributed by atoms with Gasteiger partial charge in [-0.05, 0) is 16.5 Å². The van der Waals surface area contributed by atoms with E-state index in [1.54, 1.807) is 6.33 Å². The maximum atomic E-state index is 13.3. The summed E-state index contributed by atoms with van der Waals surface area (Å²) >= 11 is 0. The third-order valence-electron chi connectivity index (χ3n) is 6.09. The van der Waals surface area contributed by atoms with E-state index in [1.165, 1.54) is 0 Å². The fourth-order valence-electron chi connectivity index (χ4n) is 4.68. The Kier molecular flexibility index (Phi) is 4.62. The molecule has 156 valence electrons. The van der Waals surface area contributed by atoms with E-state index in [4.69, 9.17) is 10.1 Å². The van der Waals surface area contributed by atoms with Gasteiger partial charge in [0.2, 0.25) is 5.88 Å². The number of nitrogens with zero attached hydrogens (tertiary/aromatic N) is 2. The number of ether oxygens (including phenoxy) is 1. The van der Waals surface area contributed by atoms with Gasteiger partial charge in [-0.25, -0.2) is 4.98 Å². The molecule has 0 amide bonds. The van der Waals surface area contributed by atoms with Gasteiger partial charge >= 0.3 is 0 Å². The SMILES string of the molecule is CC1(C)CC(=O)C2=C(C1)Oc1ncn(Cc3ccccc3)c(=N)c1[C@@H]2c1ccccc1. The molecule has 3 aromatic rings. The predicted molar refractivity (Wildman–Crippen MR) is 118 cm³/mol. The maximum absolute atomic E-state index is 13.3. The van der Waals surface area contributed by atoms with E-state index in [1.807, 2.05) is 65.2 Å². The van der Waals surface area contributed by atoms with Crippen LogP contribution >= 0.6 is 0 Å². The van der Waals surface area contributed by atoms with Gasteiger partial charge in [0.05, 0.1) is 12.1 Å². The van der Waals surface area contributed by atoms with E-state index < -0.39 is 0 Å². The zero-order valence-electron chi connectivity index (χ0n) is 17.8. The highest BCUT2D eigenvalue weighted by atomic mass is 16.5. The number of carbonyl (C=O) groups excluding carboxylic acids is 1. The van der Waals surface area contributed by atoms with E-state index >= 15 is 0 Å². The lowest BCUT2D eigenvalue weighted by atomic mass is 9.70. The molecule has 0 fully saturated rings. The molecule has 1 aliphatic heterocycles. The minimum atomic E-state index is -0.341. The van der Waals surface area contributed by atoms with Crippen LogP contribution in [-0.4, -0.2) is 15.3 Å². The third kappa shape index (κ3) is 3.50. The van der Waals surface area contributed by atoms with Crippen LogP contribution in [0.4, 0.5) is 0 Å². The lowest BCUT2D eigenvalue weighted by molar-refractivity contribution is -0.118. The van der Waals surface area contributed by atoms with Crippen molar-refractivity contribution >= 4 is 5.78 Å². The maximum Gasteiger partial charge on any atom is 0.228 e. The molecule has 5 heteroatoms. The summed E-state index contributed by atoms with van der Waals surface area (Å²) in [5.41, 5.74) is 3.60. The molecule has 1 aliphatic carbocycles. The lowest BCUT2D eigenvalue weighted by Gasteiger charge is -2.37. The van der Waals surface area contributed by atoms with Gasteiger partial charge in [0.25, 0.3) is 0 Å². The molecule has 0 saturated carbocycles. The quantitative estimate of drug-likeness (QED) is 0.686. The molecule has 5 rings (SSSR count). The number of allylic oxidation sites excluding steroid dienone is 2. The Morgan fingerprint density at radius 1 is 1.06 bits per heavy atom. The zero-order valence-corrected chi connectivity index (χ0v) is 17.8. The van der Waals surface area contributed by atoms with Crippen molar-refractivity contribution in [2.45, 2.75) is 39.2 Å². The number of nitrogens with one attached hydrogen (secondary N) is 1. The van der Waals surface area contributed by atoms with E-state index in [9.17, 15) is 4.79 Å². The molecular formula is C26H25N3O2. The highest BCUT2D eigenvalue weighted by molar-refractivity contribution is 6.00. The molecule has 0 saturated heterocycles. The van der Waals surface area contributed by atoms with Crippen LogP contribution in [0.25, 0.3) is 0 Å². The number of ketones is 1. The largest absolute Gasteiger partial charge is 0.442 e. The first-order chi connectivity index (χ1) is 14.9. The molecule has 1 N–H and O–H groups in total. The Hall–Kier alpha value is -3.47. The van der Waals surface area contributed by atoms with Crippen LogP contribution in [0.2, 0.25) is 0 Å². The molecule has 0 unspecified atom stereocenters. The fourth-order valence-corrected chi connectivity index (χ4v) is 4.68. The standard InChI is InChI=1S/C26H25N3O2/c1-26(2)13-19(30)22-20(14-26)31-25-23(21(22)18-11-7-4-8-12-18)24(27)29(16-28-25)15-17-9-5-3-6-10-17/h3-12,16,21,27H,13-15H2,1-2H3/t21-/m1/s1. The van der Waals surface area contributed by atoms with Crippen LogP contribution in [-0.2, 0) is 11.3 Å². The smallest absolute Gasteiger partial charge is 0.228 e. The molecule has 1 aromatic heterocycles. The molecular weight excluding hydrogens is 386 g/mol. The van der Waals surface area contributed by atoms with Gasteiger partial charge in [-0.15, -0.1) is 0 Å². The van der Waals surface area contributed by atoms with Gasteiger partial charge in [0.1, 0.15) is 17.6 Å². The first-order valence-electron chi connectivity index (χ1n) is 10.6. The number of benzene rings is 2. The van der Waals surface area contributed by atoms with E-state index in [2.05, 4.69) is 18.8 Å². The molecule has 0 radical (unpaired) electrons. The second kappa shape index (κ2) is 7.34. The number of rotatable bonds is 3. The number of hydrogen-bond donors (Lipinski definition) is 1. The van der Waals surface area contributed by atoms with Crippen LogP contribution in [0.3, 0.4) is 0 Å². The van der Waals surface area contributed by atoms with Crippen LogP contribution in [0.15, 0.2) is 78.3 Å². The number of Topliss-reactive ketones (excluding diaryl/α,β-unsaturated/α-hetero) is 1. The summed E-state index contributed by atoms with van der Waals surface area (Å²) < 4.78 is 8.01. The Morgan fingerprint density at radius 3 is 2.45 bits per heavy atom. The first-order valence-corrected chi connectivity index (χ1v) is 10.6. The molecule has 31 heavy (non-hydrogen) atoms. The van der Waals surface area contributed by atoms with Crippen molar-refractivity contribution < 1.29 is 9.53 Å². The predicted octanol–water partition coefficient (Wildman–Crippen LogP) is 4.58. The molecule has 0 bridgehead atoms. The minimum absolute atomic E-state index is 0.101. The zero-order chi connectivity index (χ0) is 21.6. The van der Waals surface area contributed by atoms with Crippen molar-refractivity contribution in [2.24, 2.45) is 5.41 Å². The second-order valence-corrected chi connectivity index (χ2v) is 9.15. The highest BCUT2D eigenvalue weighted by Crippen LogP contribution is 2.48. The van der Waals surface area contributed by atoms with Gasteiger partial charge in [-0.3, -0.25) is 10.2 Å². The summed E-state index contributed by atoms with van der Waals surface area (Å²) in [6.45, 7) is 4.72. The van der Waals surface area contributed by atoms with Crippen LogP contribution < -0.4 is 10.2 Å². The monoisotopic (exact) mass is 411 g/mol. The van der Waals surface area contributed by atoms with Crippen molar-refractivity contribution in [3.8, 4) is 5.88 Å². The average Bonchev–Trinajstić information content (AvgIpc) is 2.75. The van der Waals surface area contributed by atoms with Gasteiger partial charge < -0.3 is 9.30 Å². The summed E-state index contributed by atoms with van der Waals surface area (Å²) in [7, 11) is 0. The number of fused-ring (bicyclic) bond motifs is 1. The average molecular weight is 412 g/mol. The summed E-state index contributed by atoms with van der Waals surface area (Å²) in [6.07, 6.45) is 2.83. The normalized spacial score (nSPS) is 19.4. The van der Waals surface area contributed by atoms with Crippen molar-refractivity contribution in [3.63, 3.8) is 0 Å². The Morgan fingerprint density at radius 2 is 1.74 bits per heavy atom. The van der Waals surface area contributed by atoms with Crippen molar-refractivity contribution in [3.05, 3.63) is 101 Å². The van der Waals surface area contributed by atoms with Gasteiger partial charge in [-0.2, -0.15) is 0 Å². The number of hydrogen-bond acceptors (Lipinski definition) is 4. The molecule has 2 heterocycles. The molecule has 0 spiro atoms. The summed E-state index contributed by atoms with van der Waals surface area (Å²) in [6, 6.07) is 20.0. The Bertz CT molecular complexity index is 1240. The van der Waals surface area contributed by atoms with Gasteiger partial charge in [0, 0.05) is 24.3 Å². The number of aromatic nitrogens is 2. The fraction of sp³-hybridized carbons (Fsp3) is 0.269. The molecule has 5 nitrogen and oxygen atoms in total. The summed E-state index contributed by atoms with van der Waals surface area (Å²) in [5, 5.41) is 9.01. The van der Waals surface area contributed by atoms with Crippen molar-refractivity contribution in [2.75, 3.05) is 0 Å². The van der Waals surface area contributed by atoms with Gasteiger partial charge in [-0.1, -0.05) is 74.5 Å². The molecule has 2 aromatic carbocycles. The van der Waals surface area contributed by atoms with Crippen molar-refractivity contribution in [1.82, 2.24) is 9.55 Å². The first kappa shape index (κ1) is 19.5. The summed E-state index contributed by atoms with van der Waals surface area (Å²) in [5.74, 6) is 0.901. The van der Waals surface area contributed by atoms with Crippen molar-refractivity contribution in [1.29, 1.82) is 5.41 Å². The Balaban J connectivity index is 1.69. The van der Waals surface area contributed by atoms with E-state index in [0.29, 0.717) is 47.6 Å². The van der Waals surface area contributed by atoms with Crippen LogP contribution in [0, 0.1) is 10.8 Å². The lowest BCUT2D eigenvalue weighted by Crippen LogP contribution is -2.37. The van der Waals surface area contributed by atoms with Gasteiger partial charge in [0.15, 0.2) is 5.78 Å².